The Kier molecular flexibility index (Phi) is 3.63. The number of hydrogen-bond donors (Lipinski definition) is 1. The fraction of sp³-hybridized carbons (Fsp3) is 0.143. The number of nitriles is 1. The maximum absolute atomic E-state index is 8.84. The summed E-state index contributed by atoms with van der Waals surface area (Å²) in [6.07, 6.45) is 1.62. The van der Waals surface area contributed by atoms with Crippen molar-refractivity contribution in [2.24, 2.45) is 0 Å². The minimum absolute atomic E-state index is 0.595. The molecule has 1 heterocycles. The van der Waals surface area contributed by atoms with Gasteiger partial charge in [0.15, 0.2) is 0 Å². The van der Waals surface area contributed by atoms with Crippen molar-refractivity contribution in [1.82, 2.24) is 4.98 Å². The third-order valence-electron chi connectivity index (χ3n) is 2.60. The van der Waals surface area contributed by atoms with Crippen LogP contribution in [0.5, 0.6) is 0 Å². The van der Waals surface area contributed by atoms with Crippen molar-refractivity contribution in [2.75, 3.05) is 5.32 Å². The van der Waals surface area contributed by atoms with Crippen molar-refractivity contribution in [3.63, 3.8) is 0 Å². The highest BCUT2D eigenvalue weighted by Crippen LogP contribution is 2.26. The lowest BCUT2D eigenvalue weighted by Crippen LogP contribution is -1.95. The minimum atomic E-state index is 0.595. The molecule has 18 heavy (non-hydrogen) atoms. The van der Waals surface area contributed by atoms with Gasteiger partial charge in [0.1, 0.15) is 5.82 Å². The Morgan fingerprint density at radius 3 is 2.50 bits per heavy atom. The molecule has 0 unspecified atom stereocenters. The smallest absolute Gasteiger partial charge is 0.131 e. The van der Waals surface area contributed by atoms with Crippen LogP contribution in [0, 0.1) is 25.2 Å². The molecule has 0 spiro atoms. The molecule has 2 aromatic rings. The molecule has 3 nitrogen and oxygen atoms in total. The van der Waals surface area contributed by atoms with Crippen LogP contribution in [-0.4, -0.2) is 4.98 Å². The summed E-state index contributed by atoms with van der Waals surface area (Å²) in [6.45, 7) is 4.09. The molecule has 1 aromatic carbocycles. The predicted octanol–water partition coefficient (Wildman–Crippen LogP) is 4.08. The van der Waals surface area contributed by atoms with Gasteiger partial charge in [-0.1, -0.05) is 15.9 Å². The zero-order valence-electron chi connectivity index (χ0n) is 10.2. The summed E-state index contributed by atoms with van der Waals surface area (Å²) in [4.78, 5) is 4.19. The lowest BCUT2D eigenvalue weighted by atomic mass is 10.1. The first-order valence-corrected chi connectivity index (χ1v) is 6.29. The van der Waals surface area contributed by atoms with E-state index in [2.05, 4.69) is 32.3 Å². The minimum Gasteiger partial charge on any atom is -0.340 e. The lowest BCUT2D eigenvalue weighted by Gasteiger charge is -2.10. The van der Waals surface area contributed by atoms with E-state index in [1.807, 2.05) is 26.0 Å². The van der Waals surface area contributed by atoms with Gasteiger partial charge in [-0.05, 0) is 49.2 Å². The number of aryl methyl sites for hydroxylation is 2. The van der Waals surface area contributed by atoms with E-state index in [4.69, 9.17) is 5.26 Å². The zero-order valence-corrected chi connectivity index (χ0v) is 11.7. The molecule has 0 radical (unpaired) electrons. The number of aromatic nitrogens is 1. The van der Waals surface area contributed by atoms with E-state index >= 15 is 0 Å². The molecule has 1 N–H and O–H groups in total. The fourth-order valence-corrected chi connectivity index (χ4v) is 1.96. The van der Waals surface area contributed by atoms with Crippen LogP contribution in [0.4, 0.5) is 11.5 Å². The second-order valence-electron chi connectivity index (χ2n) is 4.09. The largest absolute Gasteiger partial charge is 0.340 e. The molecule has 0 atom stereocenters. The molecular weight excluding hydrogens is 290 g/mol. The zero-order chi connectivity index (χ0) is 13.1. The van der Waals surface area contributed by atoms with Crippen molar-refractivity contribution in [1.29, 1.82) is 5.26 Å². The average Bonchev–Trinajstić information content (AvgIpc) is 2.36. The lowest BCUT2D eigenvalue weighted by molar-refractivity contribution is 1.28. The highest BCUT2D eigenvalue weighted by molar-refractivity contribution is 9.10. The first-order chi connectivity index (χ1) is 8.60. The molecule has 4 heteroatoms. The topological polar surface area (TPSA) is 48.7 Å². The van der Waals surface area contributed by atoms with E-state index in [1.54, 1.807) is 18.3 Å². The van der Waals surface area contributed by atoms with E-state index in [9.17, 15) is 0 Å². The summed E-state index contributed by atoms with van der Waals surface area (Å²) >= 11 is 3.54. The molecule has 0 bridgehead atoms. The summed E-state index contributed by atoms with van der Waals surface area (Å²) in [6, 6.07) is 9.59. The monoisotopic (exact) mass is 301 g/mol. The van der Waals surface area contributed by atoms with Crippen LogP contribution in [-0.2, 0) is 0 Å². The maximum atomic E-state index is 8.84. The first-order valence-electron chi connectivity index (χ1n) is 5.50. The van der Waals surface area contributed by atoms with Crippen LogP contribution in [0.2, 0.25) is 0 Å². The summed E-state index contributed by atoms with van der Waals surface area (Å²) in [5.41, 5.74) is 3.89. The van der Waals surface area contributed by atoms with Gasteiger partial charge < -0.3 is 5.32 Å². The Balaban J connectivity index is 2.32. The van der Waals surface area contributed by atoms with Gasteiger partial charge in [0.25, 0.3) is 0 Å². The number of nitrogens with one attached hydrogen (secondary N) is 1. The molecule has 0 amide bonds. The Morgan fingerprint density at radius 2 is 1.89 bits per heavy atom. The fourth-order valence-electron chi connectivity index (χ4n) is 1.73. The van der Waals surface area contributed by atoms with Crippen LogP contribution in [0.3, 0.4) is 0 Å². The van der Waals surface area contributed by atoms with E-state index in [1.165, 1.54) is 0 Å². The number of anilines is 2. The van der Waals surface area contributed by atoms with Gasteiger partial charge in [-0.25, -0.2) is 4.98 Å². The molecule has 0 saturated heterocycles. The molecule has 1 aromatic heterocycles. The van der Waals surface area contributed by atoms with Gasteiger partial charge in [-0.3, -0.25) is 0 Å². The standard InChI is InChI=1S/C14H12BrN3/c1-9-5-12(6-10(2)14(9)15)18-13-7-11(8-16)3-4-17-13/h3-7H,1-2H3,(H,17,18). The quantitative estimate of drug-likeness (QED) is 0.909. The molecule has 0 aliphatic rings. The van der Waals surface area contributed by atoms with Crippen LogP contribution in [0.15, 0.2) is 34.9 Å². The number of pyridine rings is 1. The predicted molar refractivity (Wildman–Crippen MR) is 75.9 cm³/mol. The van der Waals surface area contributed by atoms with Crippen molar-refractivity contribution in [2.45, 2.75) is 13.8 Å². The average molecular weight is 302 g/mol. The van der Waals surface area contributed by atoms with Crippen LogP contribution in [0.1, 0.15) is 16.7 Å². The summed E-state index contributed by atoms with van der Waals surface area (Å²) in [5.74, 6) is 0.676. The van der Waals surface area contributed by atoms with Crippen LogP contribution < -0.4 is 5.32 Å². The van der Waals surface area contributed by atoms with E-state index < -0.39 is 0 Å². The molecule has 0 fully saturated rings. The molecule has 0 aliphatic heterocycles. The third kappa shape index (κ3) is 2.69. The summed E-state index contributed by atoms with van der Waals surface area (Å²) < 4.78 is 1.12. The van der Waals surface area contributed by atoms with Gasteiger partial charge in [0.05, 0.1) is 11.6 Å². The number of benzene rings is 1. The molecule has 2 rings (SSSR count). The van der Waals surface area contributed by atoms with E-state index in [0.29, 0.717) is 11.4 Å². The number of hydrogen-bond acceptors (Lipinski definition) is 3. The van der Waals surface area contributed by atoms with Gasteiger partial charge in [0, 0.05) is 16.4 Å². The van der Waals surface area contributed by atoms with Crippen LogP contribution >= 0.6 is 15.9 Å². The van der Waals surface area contributed by atoms with E-state index in [0.717, 1.165) is 21.3 Å². The third-order valence-corrected chi connectivity index (χ3v) is 3.85. The first kappa shape index (κ1) is 12.6. The number of nitrogens with zero attached hydrogens (tertiary/aromatic N) is 2. The second-order valence-corrected chi connectivity index (χ2v) is 4.88. The Labute approximate surface area is 115 Å². The number of halogens is 1. The molecule has 0 saturated carbocycles. The molecule has 90 valence electrons. The molecule has 0 aliphatic carbocycles. The van der Waals surface area contributed by atoms with Gasteiger partial charge in [-0.2, -0.15) is 5.26 Å². The summed E-state index contributed by atoms with van der Waals surface area (Å²) in [5, 5.41) is 12.0. The van der Waals surface area contributed by atoms with Crippen molar-refractivity contribution in [3.05, 3.63) is 51.6 Å². The van der Waals surface area contributed by atoms with E-state index in [-0.39, 0.29) is 0 Å². The normalized spacial score (nSPS) is 9.89. The Hall–Kier alpha value is -1.86. The van der Waals surface area contributed by atoms with Gasteiger partial charge in [-0.15, -0.1) is 0 Å². The summed E-state index contributed by atoms with van der Waals surface area (Å²) in [7, 11) is 0. The molecular formula is C14H12BrN3. The highest BCUT2D eigenvalue weighted by Gasteiger charge is 2.03. The highest BCUT2D eigenvalue weighted by atomic mass is 79.9. The van der Waals surface area contributed by atoms with Gasteiger partial charge >= 0.3 is 0 Å². The second kappa shape index (κ2) is 5.19. The SMILES string of the molecule is Cc1cc(Nc2cc(C#N)ccn2)cc(C)c1Br. The number of rotatable bonds is 2. The van der Waals surface area contributed by atoms with Crippen LogP contribution in [0.25, 0.3) is 0 Å². The van der Waals surface area contributed by atoms with Crippen molar-refractivity contribution < 1.29 is 0 Å². The maximum Gasteiger partial charge on any atom is 0.131 e. The van der Waals surface area contributed by atoms with Crippen molar-refractivity contribution >= 4 is 27.4 Å². The van der Waals surface area contributed by atoms with Gasteiger partial charge in [0.2, 0.25) is 0 Å². The Morgan fingerprint density at radius 1 is 1.22 bits per heavy atom. The Bertz CT molecular complexity index is 606. The van der Waals surface area contributed by atoms with Crippen molar-refractivity contribution in [3.8, 4) is 6.07 Å².